The van der Waals surface area contributed by atoms with E-state index in [2.05, 4.69) is 0 Å². The lowest BCUT2D eigenvalue weighted by Gasteiger charge is -2.07. The van der Waals surface area contributed by atoms with Gasteiger partial charge in [0, 0.05) is 5.56 Å². The van der Waals surface area contributed by atoms with Gasteiger partial charge in [0.05, 0.1) is 10.6 Å². The summed E-state index contributed by atoms with van der Waals surface area (Å²) in [7, 11) is 0. The van der Waals surface area contributed by atoms with E-state index in [9.17, 15) is 13.6 Å². The molecule has 0 aromatic heterocycles. The minimum atomic E-state index is -1.15. The number of benzene rings is 2. The first kappa shape index (κ1) is 12.7. The Bertz CT molecular complexity index is 570. The monoisotopic (exact) mass is 266 g/mol. The van der Waals surface area contributed by atoms with Crippen molar-refractivity contribution in [1.29, 1.82) is 0 Å². The van der Waals surface area contributed by atoms with Crippen LogP contribution in [-0.4, -0.2) is 5.78 Å². The van der Waals surface area contributed by atoms with Crippen LogP contribution in [0.3, 0.4) is 0 Å². The van der Waals surface area contributed by atoms with Gasteiger partial charge in [0.25, 0.3) is 0 Å². The van der Waals surface area contributed by atoms with Crippen molar-refractivity contribution in [3.05, 3.63) is 69.7 Å². The first-order valence-electron chi connectivity index (χ1n) is 5.26. The number of hydrogen-bond acceptors (Lipinski definition) is 1. The lowest BCUT2D eigenvalue weighted by molar-refractivity contribution is 0.103. The Morgan fingerprint density at radius 2 is 1.67 bits per heavy atom. The summed E-state index contributed by atoms with van der Waals surface area (Å²) in [6.07, 6.45) is 0. The molecule has 0 saturated carbocycles. The normalized spacial score (nSPS) is 10.4. The second kappa shape index (κ2) is 4.86. The van der Waals surface area contributed by atoms with Crippen molar-refractivity contribution in [3.8, 4) is 0 Å². The molecule has 2 aromatic carbocycles. The molecule has 0 atom stereocenters. The molecule has 0 saturated heterocycles. The van der Waals surface area contributed by atoms with Gasteiger partial charge >= 0.3 is 0 Å². The van der Waals surface area contributed by atoms with Crippen LogP contribution < -0.4 is 0 Å². The van der Waals surface area contributed by atoms with E-state index < -0.39 is 17.4 Å². The Morgan fingerprint density at radius 3 is 2.39 bits per heavy atom. The Labute approximate surface area is 108 Å². The van der Waals surface area contributed by atoms with Gasteiger partial charge in [-0.05, 0) is 30.7 Å². The molecule has 1 nitrogen and oxygen atoms in total. The molecule has 0 spiro atoms. The zero-order valence-corrected chi connectivity index (χ0v) is 10.3. The minimum Gasteiger partial charge on any atom is -0.288 e. The van der Waals surface area contributed by atoms with Crippen LogP contribution >= 0.6 is 11.6 Å². The average Bonchev–Trinajstić information content (AvgIpc) is 2.35. The number of hydrogen-bond donors (Lipinski definition) is 0. The molecule has 0 amide bonds. The second-order valence-corrected chi connectivity index (χ2v) is 4.24. The van der Waals surface area contributed by atoms with E-state index in [1.165, 1.54) is 18.2 Å². The highest BCUT2D eigenvalue weighted by Gasteiger charge is 2.19. The molecule has 18 heavy (non-hydrogen) atoms. The van der Waals surface area contributed by atoms with Gasteiger partial charge in [-0.25, -0.2) is 8.78 Å². The molecule has 0 aliphatic carbocycles. The van der Waals surface area contributed by atoms with E-state index >= 15 is 0 Å². The summed E-state index contributed by atoms with van der Waals surface area (Å²) >= 11 is 5.99. The van der Waals surface area contributed by atoms with E-state index in [1.807, 2.05) is 0 Å². The van der Waals surface area contributed by atoms with Gasteiger partial charge < -0.3 is 0 Å². The molecule has 0 bridgehead atoms. The van der Waals surface area contributed by atoms with Crippen LogP contribution in [0.25, 0.3) is 0 Å². The predicted octanol–water partition coefficient (Wildman–Crippen LogP) is 4.16. The molecular weight excluding hydrogens is 258 g/mol. The van der Waals surface area contributed by atoms with Crippen LogP contribution in [0.5, 0.6) is 0 Å². The van der Waals surface area contributed by atoms with Crippen LogP contribution in [0, 0.1) is 18.6 Å². The lowest BCUT2D eigenvalue weighted by atomic mass is 10.0. The Hall–Kier alpha value is -1.74. The fourth-order valence-electron chi connectivity index (χ4n) is 1.65. The zero-order chi connectivity index (χ0) is 13.3. The molecule has 0 N–H and O–H groups in total. The summed E-state index contributed by atoms with van der Waals surface area (Å²) in [5.74, 6) is -2.83. The van der Waals surface area contributed by atoms with Gasteiger partial charge in [-0.2, -0.15) is 0 Å². The molecule has 0 unspecified atom stereocenters. The summed E-state index contributed by atoms with van der Waals surface area (Å²) in [5, 5.41) is 0.256. The summed E-state index contributed by atoms with van der Waals surface area (Å²) in [5.41, 5.74) is 0.558. The topological polar surface area (TPSA) is 17.1 Å². The summed E-state index contributed by atoms with van der Waals surface area (Å²) < 4.78 is 26.6. The minimum absolute atomic E-state index is 0.168. The maximum Gasteiger partial charge on any atom is 0.197 e. The predicted molar refractivity (Wildman–Crippen MR) is 66.0 cm³/mol. The molecule has 0 fully saturated rings. The maximum absolute atomic E-state index is 13.5. The zero-order valence-electron chi connectivity index (χ0n) is 9.51. The van der Waals surface area contributed by atoms with E-state index in [0.717, 1.165) is 6.07 Å². The number of ketones is 1. The summed E-state index contributed by atoms with van der Waals surface area (Å²) in [4.78, 5) is 12.1. The Balaban J connectivity index is 2.55. The SMILES string of the molecule is Cc1cccc(C(=O)c2cccc(F)c2F)c1Cl. The molecule has 2 aromatic rings. The average molecular weight is 267 g/mol. The standard InChI is InChI=1S/C14H9ClF2O/c1-8-4-2-5-9(12(8)15)14(18)10-6-3-7-11(16)13(10)17/h2-7H,1H3. The number of rotatable bonds is 2. The number of aryl methyl sites for hydroxylation is 1. The second-order valence-electron chi connectivity index (χ2n) is 3.87. The molecule has 0 radical (unpaired) electrons. The highest BCUT2D eigenvalue weighted by molar-refractivity contribution is 6.35. The van der Waals surface area contributed by atoms with Crippen LogP contribution in [0.15, 0.2) is 36.4 Å². The number of carbonyl (C=O) groups is 1. The van der Waals surface area contributed by atoms with Crippen LogP contribution in [-0.2, 0) is 0 Å². The van der Waals surface area contributed by atoms with Crippen molar-refractivity contribution < 1.29 is 13.6 Å². The van der Waals surface area contributed by atoms with E-state index in [-0.39, 0.29) is 16.1 Å². The first-order chi connectivity index (χ1) is 8.52. The van der Waals surface area contributed by atoms with Gasteiger partial charge in [-0.15, -0.1) is 0 Å². The quantitative estimate of drug-likeness (QED) is 0.746. The molecule has 92 valence electrons. The van der Waals surface area contributed by atoms with E-state index in [0.29, 0.717) is 5.56 Å². The fraction of sp³-hybridized carbons (Fsp3) is 0.0714. The molecular formula is C14H9ClF2O. The molecule has 0 heterocycles. The van der Waals surface area contributed by atoms with Crippen molar-refractivity contribution in [2.75, 3.05) is 0 Å². The van der Waals surface area contributed by atoms with Crippen molar-refractivity contribution in [3.63, 3.8) is 0 Å². The van der Waals surface area contributed by atoms with Gasteiger partial charge in [0.2, 0.25) is 0 Å². The fourth-order valence-corrected chi connectivity index (χ4v) is 1.86. The van der Waals surface area contributed by atoms with Crippen LogP contribution in [0.4, 0.5) is 8.78 Å². The number of carbonyl (C=O) groups excluding carboxylic acids is 1. The highest BCUT2D eigenvalue weighted by atomic mass is 35.5. The van der Waals surface area contributed by atoms with Gasteiger partial charge in [-0.3, -0.25) is 4.79 Å². The first-order valence-corrected chi connectivity index (χ1v) is 5.64. The van der Waals surface area contributed by atoms with Crippen molar-refractivity contribution in [1.82, 2.24) is 0 Å². The van der Waals surface area contributed by atoms with Gasteiger partial charge in [0.15, 0.2) is 17.4 Å². The van der Waals surface area contributed by atoms with E-state index in [4.69, 9.17) is 11.6 Å². The van der Waals surface area contributed by atoms with Gasteiger partial charge in [-0.1, -0.05) is 29.8 Å². The lowest BCUT2D eigenvalue weighted by Crippen LogP contribution is -2.07. The molecule has 2 rings (SSSR count). The highest BCUT2D eigenvalue weighted by Crippen LogP contribution is 2.24. The van der Waals surface area contributed by atoms with Crippen LogP contribution in [0.2, 0.25) is 5.02 Å². The largest absolute Gasteiger partial charge is 0.288 e. The smallest absolute Gasteiger partial charge is 0.197 e. The Morgan fingerprint density at radius 1 is 1.06 bits per heavy atom. The Kier molecular flexibility index (Phi) is 3.43. The van der Waals surface area contributed by atoms with Crippen molar-refractivity contribution >= 4 is 17.4 Å². The molecule has 4 heteroatoms. The third kappa shape index (κ3) is 2.14. The summed E-state index contributed by atoms with van der Waals surface area (Å²) in [6.45, 7) is 1.74. The van der Waals surface area contributed by atoms with Gasteiger partial charge in [0.1, 0.15) is 0 Å². The summed E-state index contributed by atoms with van der Waals surface area (Å²) in [6, 6.07) is 8.35. The van der Waals surface area contributed by atoms with Crippen molar-refractivity contribution in [2.45, 2.75) is 6.92 Å². The number of halogens is 3. The third-order valence-electron chi connectivity index (χ3n) is 2.63. The maximum atomic E-state index is 13.5. The van der Waals surface area contributed by atoms with Crippen LogP contribution in [0.1, 0.15) is 21.5 Å². The van der Waals surface area contributed by atoms with E-state index in [1.54, 1.807) is 19.1 Å². The molecule has 0 aliphatic rings. The molecule has 0 aliphatic heterocycles. The van der Waals surface area contributed by atoms with Crippen molar-refractivity contribution in [2.24, 2.45) is 0 Å². The third-order valence-corrected chi connectivity index (χ3v) is 3.13.